The summed E-state index contributed by atoms with van der Waals surface area (Å²) in [5.41, 5.74) is 4.80. The van der Waals surface area contributed by atoms with Crippen LogP contribution in [-0.4, -0.2) is 24.7 Å². The first-order chi connectivity index (χ1) is 12.5. The van der Waals surface area contributed by atoms with E-state index in [0.717, 1.165) is 28.2 Å². The highest BCUT2D eigenvalue weighted by Crippen LogP contribution is 2.23. The summed E-state index contributed by atoms with van der Waals surface area (Å²) in [5.74, 6) is 0.812. The normalized spacial score (nSPS) is 11.0. The summed E-state index contributed by atoms with van der Waals surface area (Å²) in [6.45, 7) is 5.81. The molecule has 0 radical (unpaired) electrons. The lowest BCUT2D eigenvalue weighted by molar-refractivity contribution is 0.431. The van der Waals surface area contributed by atoms with Crippen LogP contribution in [0.2, 0.25) is 0 Å². The van der Waals surface area contributed by atoms with Gasteiger partial charge in [0.15, 0.2) is 0 Å². The van der Waals surface area contributed by atoms with Gasteiger partial charge in [-0.3, -0.25) is 4.57 Å². The maximum absolute atomic E-state index is 12.0. The molecule has 7 nitrogen and oxygen atoms in total. The zero-order chi connectivity index (χ0) is 18.3. The van der Waals surface area contributed by atoms with E-state index in [-0.39, 0.29) is 5.69 Å². The predicted molar refractivity (Wildman–Crippen MR) is 97.1 cm³/mol. The molecule has 0 saturated carbocycles. The zero-order valence-electron chi connectivity index (χ0n) is 14.6. The molecule has 0 saturated heterocycles. The van der Waals surface area contributed by atoms with Crippen LogP contribution in [0.5, 0.6) is 0 Å². The van der Waals surface area contributed by atoms with Crippen molar-refractivity contribution in [3.05, 3.63) is 70.0 Å². The minimum Gasteiger partial charge on any atom is -0.332 e. The summed E-state index contributed by atoms with van der Waals surface area (Å²) in [7, 11) is 0. The first kappa shape index (κ1) is 16.0. The topological polar surface area (TPSA) is 89.6 Å². The molecule has 4 aromatic rings. The van der Waals surface area contributed by atoms with E-state index in [4.69, 9.17) is 4.52 Å². The van der Waals surface area contributed by atoms with Gasteiger partial charge in [-0.1, -0.05) is 23.4 Å². The molecule has 3 heterocycles. The number of H-pyrrole nitrogens is 1. The molecule has 1 aromatic carbocycles. The maximum Gasteiger partial charge on any atom is 0.330 e. The predicted octanol–water partition coefficient (Wildman–Crippen LogP) is 3.20. The number of hydrogen-bond donors (Lipinski definition) is 1. The summed E-state index contributed by atoms with van der Waals surface area (Å²) in [4.78, 5) is 23.6. The standard InChI is InChI=1S/C19H17N5O2/c1-11-7-8-16(21-13(11)3)18-22-17(23-26-18)14-5-4-6-15(9-14)24-12(2)10-20-19(24)25/h4-10H,1-3H3,(H,20,25). The van der Waals surface area contributed by atoms with Gasteiger partial charge < -0.3 is 9.51 Å². The van der Waals surface area contributed by atoms with Gasteiger partial charge in [-0.15, -0.1) is 0 Å². The monoisotopic (exact) mass is 347 g/mol. The van der Waals surface area contributed by atoms with Crippen molar-refractivity contribution in [2.75, 3.05) is 0 Å². The molecule has 0 spiro atoms. The minimum atomic E-state index is -0.187. The molecule has 0 atom stereocenters. The Kier molecular flexibility index (Phi) is 3.76. The molecular formula is C19H17N5O2. The van der Waals surface area contributed by atoms with E-state index in [1.807, 2.05) is 57.2 Å². The Morgan fingerprint density at radius 1 is 1.08 bits per heavy atom. The molecule has 0 bridgehead atoms. The second kappa shape index (κ2) is 6.11. The molecule has 7 heteroatoms. The van der Waals surface area contributed by atoms with Gasteiger partial charge in [0, 0.05) is 23.1 Å². The van der Waals surface area contributed by atoms with Crippen molar-refractivity contribution in [3.8, 4) is 28.7 Å². The Labute approximate surface area is 149 Å². The van der Waals surface area contributed by atoms with Crippen LogP contribution in [0.3, 0.4) is 0 Å². The number of aryl methyl sites for hydroxylation is 3. The third-order valence-corrected chi connectivity index (χ3v) is 4.32. The highest BCUT2D eigenvalue weighted by Gasteiger charge is 2.14. The Morgan fingerprint density at radius 3 is 2.65 bits per heavy atom. The molecule has 1 N–H and O–H groups in total. The Balaban J connectivity index is 1.73. The SMILES string of the molecule is Cc1ccc(-c2nc(-c3cccc(-n4c(C)c[nH]c4=O)c3)no2)nc1C. The largest absolute Gasteiger partial charge is 0.332 e. The van der Waals surface area contributed by atoms with Crippen molar-refractivity contribution < 1.29 is 4.52 Å². The summed E-state index contributed by atoms with van der Waals surface area (Å²) in [6, 6.07) is 11.3. The van der Waals surface area contributed by atoms with E-state index >= 15 is 0 Å². The fourth-order valence-corrected chi connectivity index (χ4v) is 2.75. The number of nitrogens with one attached hydrogen (secondary N) is 1. The van der Waals surface area contributed by atoms with Crippen LogP contribution in [0.4, 0.5) is 0 Å². The first-order valence-corrected chi connectivity index (χ1v) is 8.19. The molecule has 0 fully saturated rings. The lowest BCUT2D eigenvalue weighted by Gasteiger charge is -2.05. The van der Waals surface area contributed by atoms with Gasteiger partial charge in [0.25, 0.3) is 5.89 Å². The number of hydrogen-bond acceptors (Lipinski definition) is 5. The van der Waals surface area contributed by atoms with E-state index in [1.54, 1.807) is 10.8 Å². The summed E-state index contributed by atoms with van der Waals surface area (Å²) >= 11 is 0. The van der Waals surface area contributed by atoms with Crippen LogP contribution in [-0.2, 0) is 0 Å². The van der Waals surface area contributed by atoms with E-state index in [2.05, 4.69) is 20.1 Å². The average Bonchev–Trinajstić information content (AvgIpc) is 3.25. The van der Waals surface area contributed by atoms with Crippen molar-refractivity contribution in [2.24, 2.45) is 0 Å². The fraction of sp³-hybridized carbons (Fsp3) is 0.158. The van der Waals surface area contributed by atoms with E-state index in [1.165, 1.54) is 0 Å². The number of aromatic nitrogens is 5. The molecular weight excluding hydrogens is 330 g/mol. The lowest BCUT2D eigenvalue weighted by atomic mass is 10.2. The van der Waals surface area contributed by atoms with Crippen molar-refractivity contribution >= 4 is 0 Å². The average molecular weight is 347 g/mol. The van der Waals surface area contributed by atoms with Gasteiger partial charge in [0.2, 0.25) is 5.82 Å². The van der Waals surface area contributed by atoms with Gasteiger partial charge in [-0.05, 0) is 44.5 Å². The number of pyridine rings is 1. The van der Waals surface area contributed by atoms with Crippen molar-refractivity contribution in [1.29, 1.82) is 0 Å². The van der Waals surface area contributed by atoms with E-state index < -0.39 is 0 Å². The third kappa shape index (κ3) is 2.73. The van der Waals surface area contributed by atoms with E-state index in [0.29, 0.717) is 17.4 Å². The molecule has 4 rings (SSSR count). The summed E-state index contributed by atoms with van der Waals surface area (Å²) < 4.78 is 6.97. The second-order valence-corrected chi connectivity index (χ2v) is 6.14. The van der Waals surface area contributed by atoms with Crippen LogP contribution >= 0.6 is 0 Å². The Morgan fingerprint density at radius 2 is 1.92 bits per heavy atom. The third-order valence-electron chi connectivity index (χ3n) is 4.32. The molecule has 0 amide bonds. The Bertz CT molecular complexity index is 1150. The van der Waals surface area contributed by atoms with Crippen molar-refractivity contribution in [1.82, 2.24) is 24.7 Å². The number of benzene rings is 1. The summed E-state index contributed by atoms with van der Waals surface area (Å²) in [5, 5.41) is 4.06. The van der Waals surface area contributed by atoms with Crippen LogP contribution in [0.25, 0.3) is 28.7 Å². The van der Waals surface area contributed by atoms with Crippen LogP contribution in [0.1, 0.15) is 17.0 Å². The van der Waals surface area contributed by atoms with E-state index in [9.17, 15) is 4.79 Å². The highest BCUT2D eigenvalue weighted by atomic mass is 16.5. The van der Waals surface area contributed by atoms with Crippen LogP contribution in [0, 0.1) is 20.8 Å². The van der Waals surface area contributed by atoms with Gasteiger partial charge in [0.1, 0.15) is 5.69 Å². The molecule has 0 unspecified atom stereocenters. The highest BCUT2D eigenvalue weighted by molar-refractivity contribution is 5.61. The van der Waals surface area contributed by atoms with Crippen LogP contribution < -0.4 is 5.69 Å². The number of imidazole rings is 1. The molecule has 130 valence electrons. The fourth-order valence-electron chi connectivity index (χ4n) is 2.75. The first-order valence-electron chi connectivity index (χ1n) is 8.19. The van der Waals surface area contributed by atoms with Crippen molar-refractivity contribution in [2.45, 2.75) is 20.8 Å². The number of aromatic amines is 1. The van der Waals surface area contributed by atoms with Gasteiger partial charge in [-0.2, -0.15) is 4.98 Å². The van der Waals surface area contributed by atoms with Gasteiger partial charge in [-0.25, -0.2) is 9.78 Å². The smallest absolute Gasteiger partial charge is 0.330 e. The lowest BCUT2D eigenvalue weighted by Crippen LogP contribution is -2.15. The molecule has 0 aliphatic carbocycles. The van der Waals surface area contributed by atoms with Gasteiger partial charge >= 0.3 is 5.69 Å². The molecule has 0 aliphatic heterocycles. The molecule has 3 aromatic heterocycles. The number of rotatable bonds is 3. The van der Waals surface area contributed by atoms with Crippen LogP contribution in [0.15, 0.2) is 51.9 Å². The maximum atomic E-state index is 12.0. The quantitative estimate of drug-likeness (QED) is 0.615. The molecule has 0 aliphatic rings. The summed E-state index contributed by atoms with van der Waals surface area (Å²) in [6.07, 6.45) is 1.67. The van der Waals surface area contributed by atoms with Gasteiger partial charge in [0.05, 0.1) is 5.69 Å². The minimum absolute atomic E-state index is 0.187. The second-order valence-electron chi connectivity index (χ2n) is 6.14. The van der Waals surface area contributed by atoms with Crippen molar-refractivity contribution in [3.63, 3.8) is 0 Å². The zero-order valence-corrected chi connectivity index (χ0v) is 14.6. The molecule has 26 heavy (non-hydrogen) atoms. The number of nitrogens with zero attached hydrogens (tertiary/aromatic N) is 4. The Hall–Kier alpha value is -3.48.